The molecule has 1 heterocycles. The van der Waals surface area contributed by atoms with E-state index in [0.717, 1.165) is 41.3 Å². The van der Waals surface area contributed by atoms with Gasteiger partial charge in [0.25, 0.3) is 0 Å². The molecule has 0 radical (unpaired) electrons. The average molecular weight is 254 g/mol. The fraction of sp³-hybridized carbons (Fsp3) is 0.538. The summed E-state index contributed by atoms with van der Waals surface area (Å²) in [7, 11) is 0. The zero-order valence-electron chi connectivity index (χ0n) is 9.67. The summed E-state index contributed by atoms with van der Waals surface area (Å²) in [6.45, 7) is 2.03. The highest BCUT2D eigenvalue weighted by Crippen LogP contribution is 2.52. The number of fused-ring (bicyclic) bond motifs is 1. The highest BCUT2D eigenvalue weighted by molar-refractivity contribution is 6.31. The van der Waals surface area contributed by atoms with E-state index < -0.39 is 0 Å². The molecule has 2 N–H and O–H groups in total. The van der Waals surface area contributed by atoms with Crippen molar-refractivity contribution in [1.29, 1.82) is 0 Å². The first-order valence-corrected chi connectivity index (χ1v) is 6.43. The van der Waals surface area contributed by atoms with Crippen molar-refractivity contribution < 1.29 is 9.47 Å². The Labute approximate surface area is 106 Å². The van der Waals surface area contributed by atoms with Crippen LogP contribution in [0.2, 0.25) is 5.02 Å². The molecule has 1 saturated carbocycles. The van der Waals surface area contributed by atoms with E-state index >= 15 is 0 Å². The molecule has 3 rings (SSSR count). The van der Waals surface area contributed by atoms with E-state index in [1.807, 2.05) is 12.1 Å². The van der Waals surface area contributed by atoms with Crippen LogP contribution in [0.1, 0.15) is 24.8 Å². The first-order chi connectivity index (χ1) is 8.25. The van der Waals surface area contributed by atoms with E-state index in [1.54, 1.807) is 0 Å². The third-order valence-electron chi connectivity index (χ3n) is 3.65. The summed E-state index contributed by atoms with van der Waals surface area (Å²) in [4.78, 5) is 0. The van der Waals surface area contributed by atoms with Gasteiger partial charge in [-0.05, 0) is 24.5 Å². The van der Waals surface area contributed by atoms with Gasteiger partial charge in [0.05, 0.1) is 13.2 Å². The van der Waals surface area contributed by atoms with Crippen molar-refractivity contribution >= 4 is 11.6 Å². The molecule has 0 amide bonds. The first kappa shape index (κ1) is 11.2. The second-order valence-electron chi connectivity index (χ2n) is 4.81. The van der Waals surface area contributed by atoms with Crippen molar-refractivity contribution in [3.8, 4) is 11.5 Å². The molecule has 0 atom stereocenters. The van der Waals surface area contributed by atoms with Gasteiger partial charge in [0.1, 0.15) is 0 Å². The molecule has 4 heteroatoms. The van der Waals surface area contributed by atoms with Crippen LogP contribution in [0, 0.1) is 0 Å². The van der Waals surface area contributed by atoms with E-state index in [0.29, 0.717) is 19.8 Å². The van der Waals surface area contributed by atoms with E-state index in [1.165, 1.54) is 0 Å². The van der Waals surface area contributed by atoms with Crippen LogP contribution in [0.4, 0.5) is 0 Å². The Balaban J connectivity index is 2.03. The van der Waals surface area contributed by atoms with Crippen molar-refractivity contribution in [2.45, 2.75) is 24.7 Å². The summed E-state index contributed by atoms with van der Waals surface area (Å²) in [5, 5.41) is 0.747. The Hall–Kier alpha value is -0.930. The van der Waals surface area contributed by atoms with Crippen molar-refractivity contribution in [2.24, 2.45) is 5.73 Å². The molecule has 0 saturated heterocycles. The van der Waals surface area contributed by atoms with Crippen molar-refractivity contribution in [2.75, 3.05) is 19.8 Å². The zero-order valence-corrected chi connectivity index (χ0v) is 10.4. The molecule has 3 nitrogen and oxygen atoms in total. The molecule has 17 heavy (non-hydrogen) atoms. The van der Waals surface area contributed by atoms with Crippen LogP contribution in [0.15, 0.2) is 12.1 Å². The van der Waals surface area contributed by atoms with E-state index in [2.05, 4.69) is 0 Å². The van der Waals surface area contributed by atoms with Crippen LogP contribution in [-0.4, -0.2) is 19.8 Å². The zero-order chi connectivity index (χ0) is 11.9. The lowest BCUT2D eigenvalue weighted by Gasteiger charge is -2.17. The summed E-state index contributed by atoms with van der Waals surface area (Å²) in [5.41, 5.74) is 7.05. The van der Waals surface area contributed by atoms with Gasteiger partial charge in [-0.1, -0.05) is 11.6 Å². The molecular weight excluding hydrogens is 238 g/mol. The lowest BCUT2D eigenvalue weighted by molar-refractivity contribution is 0.297. The predicted octanol–water partition coefficient (Wildman–Crippen LogP) is 2.49. The minimum Gasteiger partial charge on any atom is -0.490 e. The van der Waals surface area contributed by atoms with E-state index in [-0.39, 0.29) is 5.41 Å². The fourth-order valence-corrected chi connectivity index (χ4v) is 2.68. The lowest BCUT2D eigenvalue weighted by Crippen LogP contribution is -2.20. The fourth-order valence-electron chi connectivity index (χ4n) is 2.32. The predicted molar refractivity (Wildman–Crippen MR) is 67.0 cm³/mol. The van der Waals surface area contributed by atoms with Crippen LogP contribution in [0.25, 0.3) is 0 Å². The van der Waals surface area contributed by atoms with Gasteiger partial charge in [0, 0.05) is 29.5 Å². The van der Waals surface area contributed by atoms with Crippen LogP contribution >= 0.6 is 11.6 Å². The quantitative estimate of drug-likeness (QED) is 0.881. The maximum atomic E-state index is 6.33. The monoisotopic (exact) mass is 253 g/mol. The molecule has 0 unspecified atom stereocenters. The molecule has 1 fully saturated rings. The second-order valence-corrected chi connectivity index (χ2v) is 5.22. The highest BCUT2D eigenvalue weighted by atomic mass is 35.5. The minimum absolute atomic E-state index is 0.0851. The molecule has 1 aliphatic heterocycles. The average Bonchev–Trinajstić information content (AvgIpc) is 3.12. The lowest BCUT2D eigenvalue weighted by atomic mass is 9.95. The van der Waals surface area contributed by atoms with Gasteiger partial charge in [0.2, 0.25) is 0 Å². The Morgan fingerprint density at radius 3 is 2.41 bits per heavy atom. The molecule has 1 aromatic carbocycles. The molecule has 0 bridgehead atoms. The van der Waals surface area contributed by atoms with Crippen LogP contribution in [-0.2, 0) is 5.41 Å². The van der Waals surface area contributed by atoms with Gasteiger partial charge in [-0.15, -0.1) is 0 Å². The summed E-state index contributed by atoms with van der Waals surface area (Å²) in [6, 6.07) is 3.89. The highest BCUT2D eigenvalue weighted by Gasteiger charge is 2.44. The number of ether oxygens (including phenoxy) is 2. The van der Waals surface area contributed by atoms with Gasteiger partial charge in [-0.25, -0.2) is 0 Å². The van der Waals surface area contributed by atoms with Gasteiger partial charge in [-0.2, -0.15) is 0 Å². The third-order valence-corrected chi connectivity index (χ3v) is 3.97. The Morgan fingerprint density at radius 1 is 1.18 bits per heavy atom. The Bertz CT molecular complexity index is 443. The first-order valence-electron chi connectivity index (χ1n) is 6.05. The number of benzene rings is 1. The summed E-state index contributed by atoms with van der Waals surface area (Å²) >= 11 is 6.33. The molecule has 92 valence electrons. The van der Waals surface area contributed by atoms with Crippen molar-refractivity contribution in [3.63, 3.8) is 0 Å². The third kappa shape index (κ3) is 1.87. The maximum absolute atomic E-state index is 6.33. The standard InChI is InChI=1S/C13H16ClNO2/c14-10-7-12-11(16-4-1-5-17-12)6-9(10)13(8-15)2-3-13/h6-7H,1-5,8,15H2. The van der Waals surface area contributed by atoms with Gasteiger partial charge < -0.3 is 15.2 Å². The number of rotatable bonds is 2. The molecule has 1 aromatic rings. The van der Waals surface area contributed by atoms with Crippen molar-refractivity contribution in [1.82, 2.24) is 0 Å². The topological polar surface area (TPSA) is 44.5 Å². The molecule has 0 spiro atoms. The second kappa shape index (κ2) is 4.07. The number of hydrogen-bond donors (Lipinski definition) is 1. The molecule has 1 aliphatic carbocycles. The molecular formula is C13H16ClNO2. The summed E-state index contributed by atoms with van der Waals surface area (Å²) in [5.74, 6) is 1.56. The van der Waals surface area contributed by atoms with Crippen LogP contribution < -0.4 is 15.2 Å². The summed E-state index contributed by atoms with van der Waals surface area (Å²) in [6.07, 6.45) is 3.13. The Kier molecular flexibility index (Phi) is 2.68. The normalized spacial score (nSPS) is 20.8. The number of nitrogens with two attached hydrogens (primary N) is 1. The van der Waals surface area contributed by atoms with Crippen LogP contribution in [0.5, 0.6) is 11.5 Å². The molecule has 2 aliphatic rings. The van der Waals surface area contributed by atoms with Crippen LogP contribution in [0.3, 0.4) is 0 Å². The van der Waals surface area contributed by atoms with Crippen molar-refractivity contribution in [3.05, 3.63) is 22.7 Å². The largest absolute Gasteiger partial charge is 0.490 e. The smallest absolute Gasteiger partial charge is 0.162 e. The Morgan fingerprint density at radius 2 is 1.82 bits per heavy atom. The minimum atomic E-state index is 0.0851. The van der Waals surface area contributed by atoms with Gasteiger partial charge in [0.15, 0.2) is 11.5 Å². The maximum Gasteiger partial charge on any atom is 0.162 e. The SMILES string of the molecule is NCC1(c2cc3c(cc2Cl)OCCCO3)CC1. The number of hydrogen-bond acceptors (Lipinski definition) is 3. The van der Waals surface area contributed by atoms with Gasteiger partial charge in [-0.3, -0.25) is 0 Å². The van der Waals surface area contributed by atoms with Gasteiger partial charge >= 0.3 is 0 Å². The molecule has 0 aromatic heterocycles. The summed E-state index contributed by atoms with van der Waals surface area (Å²) < 4.78 is 11.3. The van der Waals surface area contributed by atoms with E-state index in [4.69, 9.17) is 26.8 Å². The number of halogens is 1. The van der Waals surface area contributed by atoms with E-state index in [9.17, 15) is 0 Å².